The molecule has 0 bridgehead atoms. The number of nitrogens with one attached hydrogen (secondary N) is 1. The number of H-pyrrole nitrogens is 1. The van der Waals surface area contributed by atoms with Crippen LogP contribution in [0.2, 0.25) is 0 Å². The molecular formula is C15H24N6O2S. The van der Waals surface area contributed by atoms with E-state index in [9.17, 15) is 8.42 Å². The third kappa shape index (κ3) is 2.99. The molecule has 1 atom stereocenters. The van der Waals surface area contributed by atoms with Crippen molar-refractivity contribution in [3.63, 3.8) is 0 Å². The molecule has 9 heteroatoms. The van der Waals surface area contributed by atoms with Crippen molar-refractivity contribution in [2.75, 3.05) is 31.9 Å². The summed E-state index contributed by atoms with van der Waals surface area (Å²) in [5.41, 5.74) is 7.24. The van der Waals surface area contributed by atoms with Crippen LogP contribution in [0.3, 0.4) is 0 Å². The highest BCUT2D eigenvalue weighted by Crippen LogP contribution is 2.29. The first-order valence-corrected chi connectivity index (χ1v) is 9.72. The molecule has 3 N–H and O–H groups in total. The van der Waals surface area contributed by atoms with Crippen LogP contribution in [0.15, 0.2) is 12.1 Å². The van der Waals surface area contributed by atoms with Gasteiger partial charge in [0.15, 0.2) is 5.65 Å². The predicted octanol–water partition coefficient (Wildman–Crippen LogP) is 1.31. The summed E-state index contributed by atoms with van der Waals surface area (Å²) in [5, 5.41) is 7.61. The van der Waals surface area contributed by atoms with Crippen LogP contribution in [0.5, 0.6) is 0 Å². The Morgan fingerprint density at radius 3 is 2.83 bits per heavy atom. The van der Waals surface area contributed by atoms with E-state index in [1.54, 1.807) is 4.31 Å². The van der Waals surface area contributed by atoms with E-state index in [4.69, 9.17) is 5.73 Å². The Morgan fingerprint density at radius 1 is 1.38 bits per heavy atom. The number of hydrogen-bond acceptors (Lipinski definition) is 5. The van der Waals surface area contributed by atoms with Crippen LogP contribution in [-0.4, -0.2) is 58.4 Å². The predicted molar refractivity (Wildman–Crippen MR) is 93.7 cm³/mol. The van der Waals surface area contributed by atoms with E-state index in [0.29, 0.717) is 37.6 Å². The SMILES string of the molecule is CCN(CC)S(=O)(=O)N1CCCC(c2ccc3c(N)[nH]nc3n2)C1. The number of nitrogens with zero attached hydrogens (tertiary/aromatic N) is 4. The Morgan fingerprint density at radius 2 is 2.12 bits per heavy atom. The van der Waals surface area contributed by atoms with Gasteiger partial charge in [-0.15, -0.1) is 0 Å². The van der Waals surface area contributed by atoms with E-state index in [1.165, 1.54) is 4.31 Å². The topological polar surface area (TPSA) is 108 Å². The molecule has 1 unspecified atom stereocenters. The molecule has 132 valence electrons. The lowest BCUT2D eigenvalue weighted by Crippen LogP contribution is -2.47. The number of rotatable bonds is 5. The van der Waals surface area contributed by atoms with Crippen molar-refractivity contribution in [1.29, 1.82) is 0 Å². The number of hydrogen-bond donors (Lipinski definition) is 2. The van der Waals surface area contributed by atoms with E-state index < -0.39 is 10.2 Å². The molecule has 0 radical (unpaired) electrons. The second kappa shape index (κ2) is 6.66. The Hall–Kier alpha value is -1.71. The third-order valence-electron chi connectivity index (χ3n) is 4.63. The largest absolute Gasteiger partial charge is 0.384 e. The van der Waals surface area contributed by atoms with Gasteiger partial charge in [0.25, 0.3) is 10.2 Å². The second-order valence-electron chi connectivity index (χ2n) is 6.03. The number of nitrogens with two attached hydrogens (primary N) is 1. The second-order valence-corrected chi connectivity index (χ2v) is 7.96. The summed E-state index contributed by atoms with van der Waals surface area (Å²) in [6.07, 6.45) is 1.75. The molecule has 1 aliphatic rings. The number of nitrogen functional groups attached to an aromatic ring is 1. The summed E-state index contributed by atoms with van der Waals surface area (Å²) in [6, 6.07) is 3.82. The first-order chi connectivity index (χ1) is 11.5. The molecule has 0 aromatic carbocycles. The average molecular weight is 352 g/mol. The van der Waals surface area contributed by atoms with Gasteiger partial charge in [0.2, 0.25) is 0 Å². The van der Waals surface area contributed by atoms with Gasteiger partial charge in [-0.2, -0.15) is 22.1 Å². The maximum atomic E-state index is 12.7. The summed E-state index contributed by atoms with van der Waals surface area (Å²) < 4.78 is 28.6. The van der Waals surface area contributed by atoms with Crippen LogP contribution >= 0.6 is 0 Å². The van der Waals surface area contributed by atoms with Crippen molar-refractivity contribution >= 4 is 27.1 Å². The number of aromatic amines is 1. The molecule has 8 nitrogen and oxygen atoms in total. The van der Waals surface area contributed by atoms with Gasteiger partial charge in [0.05, 0.1) is 5.39 Å². The Kier molecular flexibility index (Phi) is 4.75. The zero-order valence-corrected chi connectivity index (χ0v) is 14.9. The standard InChI is InChI=1S/C15H24N6O2S/c1-3-20(4-2)24(22,23)21-9-5-6-11(10-21)13-8-7-12-14(16)18-19-15(12)17-13/h7-8,11H,3-6,9-10H2,1-2H3,(H3,16,17,18,19). The van der Waals surface area contributed by atoms with Crippen LogP contribution in [0.4, 0.5) is 5.82 Å². The molecule has 1 saturated heterocycles. The Labute approximate surface area is 142 Å². The molecule has 2 aromatic heterocycles. The number of piperidine rings is 1. The molecule has 0 spiro atoms. The quantitative estimate of drug-likeness (QED) is 0.843. The summed E-state index contributed by atoms with van der Waals surface area (Å²) in [7, 11) is -3.41. The summed E-state index contributed by atoms with van der Waals surface area (Å²) in [5.74, 6) is 0.574. The van der Waals surface area contributed by atoms with E-state index in [0.717, 1.165) is 23.9 Å². The fraction of sp³-hybridized carbons (Fsp3) is 0.600. The smallest absolute Gasteiger partial charge is 0.281 e. The molecule has 0 aliphatic carbocycles. The van der Waals surface area contributed by atoms with Crippen LogP contribution in [0, 0.1) is 0 Å². The molecule has 3 rings (SSSR count). The van der Waals surface area contributed by atoms with Gasteiger partial charge in [-0.3, -0.25) is 5.10 Å². The highest BCUT2D eigenvalue weighted by molar-refractivity contribution is 7.86. The van der Waals surface area contributed by atoms with Gasteiger partial charge in [0, 0.05) is 37.8 Å². The fourth-order valence-corrected chi connectivity index (χ4v) is 4.97. The zero-order chi connectivity index (χ0) is 17.3. The van der Waals surface area contributed by atoms with Crippen molar-refractivity contribution in [3.8, 4) is 0 Å². The Balaban J connectivity index is 1.84. The summed E-state index contributed by atoms with van der Waals surface area (Å²) in [6.45, 7) is 5.71. The van der Waals surface area contributed by atoms with Crippen LogP contribution in [0.25, 0.3) is 11.0 Å². The van der Waals surface area contributed by atoms with E-state index in [1.807, 2.05) is 26.0 Å². The Bertz CT molecular complexity index is 814. The minimum Gasteiger partial charge on any atom is -0.384 e. The summed E-state index contributed by atoms with van der Waals surface area (Å²) in [4.78, 5) is 4.56. The maximum Gasteiger partial charge on any atom is 0.281 e. The molecular weight excluding hydrogens is 328 g/mol. The lowest BCUT2D eigenvalue weighted by atomic mass is 9.95. The van der Waals surface area contributed by atoms with Gasteiger partial charge in [0.1, 0.15) is 5.82 Å². The molecule has 24 heavy (non-hydrogen) atoms. The van der Waals surface area contributed by atoms with Gasteiger partial charge in [-0.1, -0.05) is 13.8 Å². The molecule has 0 amide bonds. The molecule has 2 aromatic rings. The minimum atomic E-state index is -3.41. The van der Waals surface area contributed by atoms with Gasteiger partial charge >= 0.3 is 0 Å². The van der Waals surface area contributed by atoms with Crippen molar-refractivity contribution in [2.24, 2.45) is 0 Å². The molecule has 1 fully saturated rings. The first-order valence-electron chi connectivity index (χ1n) is 8.33. The maximum absolute atomic E-state index is 12.7. The van der Waals surface area contributed by atoms with Crippen LogP contribution in [0.1, 0.15) is 38.3 Å². The van der Waals surface area contributed by atoms with Crippen molar-refractivity contribution < 1.29 is 8.42 Å². The van der Waals surface area contributed by atoms with E-state index in [-0.39, 0.29) is 5.92 Å². The van der Waals surface area contributed by atoms with Crippen molar-refractivity contribution in [1.82, 2.24) is 23.8 Å². The van der Waals surface area contributed by atoms with Gasteiger partial charge < -0.3 is 5.73 Å². The van der Waals surface area contributed by atoms with Crippen LogP contribution < -0.4 is 5.73 Å². The molecule has 1 aliphatic heterocycles. The fourth-order valence-electron chi connectivity index (χ4n) is 3.27. The average Bonchev–Trinajstić information content (AvgIpc) is 2.96. The number of pyridine rings is 1. The lowest BCUT2D eigenvalue weighted by Gasteiger charge is -2.34. The van der Waals surface area contributed by atoms with E-state index >= 15 is 0 Å². The number of anilines is 1. The normalized spacial score (nSPS) is 20.0. The zero-order valence-electron chi connectivity index (χ0n) is 14.1. The molecule has 0 saturated carbocycles. The highest BCUT2D eigenvalue weighted by atomic mass is 32.2. The van der Waals surface area contributed by atoms with Crippen LogP contribution in [-0.2, 0) is 10.2 Å². The molecule has 3 heterocycles. The van der Waals surface area contributed by atoms with Gasteiger partial charge in [-0.05, 0) is 25.0 Å². The minimum absolute atomic E-state index is 0.0754. The third-order valence-corrected chi connectivity index (χ3v) is 6.78. The first kappa shape index (κ1) is 17.1. The van der Waals surface area contributed by atoms with Gasteiger partial charge in [-0.25, -0.2) is 4.98 Å². The van der Waals surface area contributed by atoms with E-state index in [2.05, 4.69) is 15.2 Å². The summed E-state index contributed by atoms with van der Waals surface area (Å²) >= 11 is 0. The number of fused-ring (bicyclic) bond motifs is 1. The number of aromatic nitrogens is 3. The monoisotopic (exact) mass is 352 g/mol. The van der Waals surface area contributed by atoms with Crippen molar-refractivity contribution in [2.45, 2.75) is 32.6 Å². The lowest BCUT2D eigenvalue weighted by molar-refractivity contribution is 0.285. The highest BCUT2D eigenvalue weighted by Gasteiger charge is 2.33. The van der Waals surface area contributed by atoms with Crippen molar-refractivity contribution in [3.05, 3.63) is 17.8 Å².